The van der Waals surface area contributed by atoms with Crippen molar-refractivity contribution in [2.24, 2.45) is 40.9 Å². The number of carbonyl (C=O) groups excluding carboxylic acids is 4. The number of carbonyl (C=O) groups is 4. The normalized spacial score (nSPS) is 21.3. The molecule has 35 heavy (non-hydrogen) atoms. The zero-order valence-corrected chi connectivity index (χ0v) is 22.9. The van der Waals surface area contributed by atoms with Crippen LogP contribution in [-0.2, 0) is 25.6 Å². The van der Waals surface area contributed by atoms with Gasteiger partial charge < -0.3 is 0 Å². The molecule has 1 aliphatic carbocycles. The van der Waals surface area contributed by atoms with Crippen LogP contribution in [-0.4, -0.2) is 23.1 Å². The van der Waals surface area contributed by atoms with Gasteiger partial charge >= 0.3 is 0 Å². The van der Waals surface area contributed by atoms with Gasteiger partial charge in [-0.15, -0.1) is 0 Å². The van der Waals surface area contributed by atoms with Crippen LogP contribution in [0.4, 0.5) is 0 Å². The van der Waals surface area contributed by atoms with Crippen LogP contribution >= 0.6 is 0 Å². The van der Waals surface area contributed by atoms with Gasteiger partial charge in [0.05, 0.1) is 11.3 Å². The molecular formula is C31H46O4. The second kappa shape index (κ2) is 12.7. The summed E-state index contributed by atoms with van der Waals surface area (Å²) in [7, 11) is 0. The fourth-order valence-corrected chi connectivity index (χ4v) is 5.27. The number of ketones is 4. The molecule has 3 unspecified atom stereocenters. The molecule has 0 spiro atoms. The van der Waals surface area contributed by atoms with Crippen LogP contribution in [0.1, 0.15) is 92.6 Å². The van der Waals surface area contributed by atoms with Crippen LogP contribution in [0.15, 0.2) is 30.3 Å². The fraction of sp³-hybridized carbons (Fsp3) is 0.677. The van der Waals surface area contributed by atoms with E-state index >= 15 is 0 Å². The lowest BCUT2D eigenvalue weighted by atomic mass is 9.56. The molecule has 1 aromatic carbocycles. The van der Waals surface area contributed by atoms with E-state index in [1.807, 2.05) is 30.3 Å². The molecule has 0 heterocycles. The number of benzene rings is 1. The first-order chi connectivity index (χ1) is 16.4. The third-order valence-corrected chi connectivity index (χ3v) is 7.63. The van der Waals surface area contributed by atoms with Gasteiger partial charge in [-0.2, -0.15) is 0 Å². The van der Waals surface area contributed by atoms with Crippen molar-refractivity contribution < 1.29 is 19.2 Å². The van der Waals surface area contributed by atoms with Crippen molar-refractivity contribution >= 4 is 23.1 Å². The molecule has 0 amide bonds. The highest BCUT2D eigenvalue weighted by molar-refractivity contribution is 6.34. The van der Waals surface area contributed by atoms with E-state index in [9.17, 15) is 19.2 Å². The highest BCUT2D eigenvalue weighted by atomic mass is 16.2. The highest BCUT2D eigenvalue weighted by Gasteiger charge is 2.59. The standard InChI is InChI=1S/C31H46O4/c1-20(2)13-14-25-28(33)26(27(32)23(7)19-24-11-9-8-10-12-24)30(35)31(29(25)34,17-15-21(3)4)18-16-22(5)6/h8-12,20-23,25-26H,13-19H2,1-7H3. The Morgan fingerprint density at radius 1 is 0.771 bits per heavy atom. The molecule has 0 saturated heterocycles. The van der Waals surface area contributed by atoms with Gasteiger partial charge in [-0.25, -0.2) is 0 Å². The maximum absolute atomic E-state index is 14.1. The van der Waals surface area contributed by atoms with Gasteiger partial charge in [-0.05, 0) is 68.3 Å². The highest BCUT2D eigenvalue weighted by Crippen LogP contribution is 2.45. The molecule has 1 aromatic rings. The first-order valence-corrected chi connectivity index (χ1v) is 13.6. The Kier molecular flexibility index (Phi) is 10.6. The quantitative estimate of drug-likeness (QED) is 0.294. The van der Waals surface area contributed by atoms with Gasteiger partial charge in [-0.3, -0.25) is 19.2 Å². The van der Waals surface area contributed by atoms with E-state index in [1.54, 1.807) is 6.92 Å². The number of Topliss-reactive ketones (excluding diaryl/α,β-unsaturated/α-hetero) is 4. The molecule has 2 rings (SSSR count). The summed E-state index contributed by atoms with van der Waals surface area (Å²) < 4.78 is 0. The Hall–Kier alpha value is -2.10. The third-order valence-electron chi connectivity index (χ3n) is 7.63. The molecule has 0 aliphatic heterocycles. The summed E-state index contributed by atoms with van der Waals surface area (Å²) in [6, 6.07) is 9.68. The van der Waals surface area contributed by atoms with Gasteiger partial charge in [0.15, 0.2) is 23.1 Å². The third kappa shape index (κ3) is 7.21. The molecule has 3 atom stereocenters. The van der Waals surface area contributed by atoms with Crippen molar-refractivity contribution in [3.05, 3.63) is 35.9 Å². The summed E-state index contributed by atoms with van der Waals surface area (Å²) in [5.74, 6) is -3.06. The lowest BCUT2D eigenvalue weighted by Gasteiger charge is -2.42. The largest absolute Gasteiger partial charge is 0.298 e. The minimum Gasteiger partial charge on any atom is -0.298 e. The summed E-state index contributed by atoms with van der Waals surface area (Å²) in [5, 5.41) is 0. The van der Waals surface area contributed by atoms with Gasteiger partial charge in [0.2, 0.25) is 0 Å². The summed E-state index contributed by atoms with van der Waals surface area (Å²) in [6.07, 6.45) is 3.93. The molecule has 0 aromatic heterocycles. The van der Waals surface area contributed by atoms with Crippen LogP contribution < -0.4 is 0 Å². The first kappa shape index (κ1) is 29.1. The maximum Gasteiger partial charge on any atom is 0.164 e. The van der Waals surface area contributed by atoms with Crippen molar-refractivity contribution in [2.45, 2.75) is 93.4 Å². The minimum absolute atomic E-state index is 0.214. The maximum atomic E-state index is 14.1. The van der Waals surface area contributed by atoms with E-state index in [0.717, 1.165) is 24.8 Å². The molecule has 1 saturated carbocycles. The van der Waals surface area contributed by atoms with Crippen LogP contribution in [0.2, 0.25) is 0 Å². The van der Waals surface area contributed by atoms with Crippen molar-refractivity contribution in [1.82, 2.24) is 0 Å². The van der Waals surface area contributed by atoms with Crippen LogP contribution in [0.25, 0.3) is 0 Å². The SMILES string of the molecule is CC(C)CCC1C(=O)C(C(=O)C(C)Cc2ccccc2)C(=O)C(CCC(C)C)(CCC(C)C)C1=O. The molecule has 0 radical (unpaired) electrons. The predicted molar refractivity (Wildman–Crippen MR) is 141 cm³/mol. The Morgan fingerprint density at radius 3 is 1.77 bits per heavy atom. The minimum atomic E-state index is -1.32. The Morgan fingerprint density at radius 2 is 1.29 bits per heavy atom. The van der Waals surface area contributed by atoms with Crippen molar-refractivity contribution in [1.29, 1.82) is 0 Å². The van der Waals surface area contributed by atoms with Crippen LogP contribution in [0.3, 0.4) is 0 Å². The molecule has 0 bridgehead atoms. The first-order valence-electron chi connectivity index (χ1n) is 13.6. The van der Waals surface area contributed by atoms with Crippen molar-refractivity contribution in [3.63, 3.8) is 0 Å². The number of hydrogen-bond acceptors (Lipinski definition) is 4. The average Bonchev–Trinajstić information content (AvgIpc) is 2.78. The van der Waals surface area contributed by atoms with E-state index in [-0.39, 0.29) is 11.6 Å². The zero-order chi connectivity index (χ0) is 26.3. The summed E-state index contributed by atoms with van der Waals surface area (Å²) in [5.41, 5.74) is -0.223. The lowest BCUT2D eigenvalue weighted by molar-refractivity contribution is -0.161. The van der Waals surface area contributed by atoms with Crippen LogP contribution in [0, 0.1) is 40.9 Å². The zero-order valence-electron chi connectivity index (χ0n) is 22.9. The molecule has 4 nitrogen and oxygen atoms in total. The summed E-state index contributed by atoms with van der Waals surface area (Å²) in [6.45, 7) is 14.3. The van der Waals surface area contributed by atoms with Crippen molar-refractivity contribution in [2.75, 3.05) is 0 Å². The predicted octanol–water partition coefficient (Wildman–Crippen LogP) is 6.68. The monoisotopic (exact) mass is 482 g/mol. The Balaban J connectivity index is 2.49. The smallest absolute Gasteiger partial charge is 0.164 e. The van der Waals surface area contributed by atoms with Crippen molar-refractivity contribution in [3.8, 4) is 0 Å². The van der Waals surface area contributed by atoms with E-state index < -0.39 is 34.7 Å². The van der Waals surface area contributed by atoms with Gasteiger partial charge in [0.1, 0.15) is 5.92 Å². The van der Waals surface area contributed by atoms with Gasteiger partial charge in [-0.1, -0.05) is 78.8 Å². The van der Waals surface area contributed by atoms with Crippen LogP contribution in [0.5, 0.6) is 0 Å². The van der Waals surface area contributed by atoms with Gasteiger partial charge in [0, 0.05) is 5.92 Å². The summed E-state index contributed by atoms with van der Waals surface area (Å²) >= 11 is 0. The molecule has 0 N–H and O–H groups in total. The Labute approximate surface area is 212 Å². The number of hydrogen-bond donors (Lipinski definition) is 0. The topological polar surface area (TPSA) is 68.3 Å². The number of rotatable bonds is 13. The molecule has 1 aliphatic rings. The van der Waals surface area contributed by atoms with E-state index in [2.05, 4.69) is 41.5 Å². The second-order valence-electron chi connectivity index (χ2n) is 12.0. The van der Waals surface area contributed by atoms with E-state index in [0.29, 0.717) is 43.4 Å². The van der Waals surface area contributed by atoms with E-state index in [4.69, 9.17) is 0 Å². The van der Waals surface area contributed by atoms with Gasteiger partial charge in [0.25, 0.3) is 0 Å². The molecule has 194 valence electrons. The molecule has 4 heteroatoms. The summed E-state index contributed by atoms with van der Waals surface area (Å²) in [4.78, 5) is 55.5. The molecule has 1 fully saturated rings. The van der Waals surface area contributed by atoms with E-state index in [1.165, 1.54) is 0 Å². The second-order valence-corrected chi connectivity index (χ2v) is 12.0. The fourth-order valence-electron chi connectivity index (χ4n) is 5.27. The average molecular weight is 483 g/mol. The Bertz CT molecular complexity index is 869. The lowest BCUT2D eigenvalue weighted by Crippen LogP contribution is -2.58. The molecular weight excluding hydrogens is 436 g/mol.